The topological polar surface area (TPSA) is 74.2 Å². The van der Waals surface area contributed by atoms with Gasteiger partial charge in [-0.2, -0.15) is 0 Å². The Balaban J connectivity index is 1.72. The predicted octanol–water partition coefficient (Wildman–Crippen LogP) is 4.42. The molecule has 0 aliphatic carbocycles. The Morgan fingerprint density at radius 2 is 1.94 bits per heavy atom. The van der Waals surface area contributed by atoms with Crippen molar-refractivity contribution in [3.05, 3.63) is 40.5 Å². The van der Waals surface area contributed by atoms with E-state index in [9.17, 15) is 9.59 Å². The second-order valence-electron chi connectivity index (χ2n) is 9.29. The number of ketones is 1. The van der Waals surface area contributed by atoms with Gasteiger partial charge in [-0.1, -0.05) is 19.1 Å². The lowest BCUT2D eigenvalue weighted by molar-refractivity contribution is -0.153. The summed E-state index contributed by atoms with van der Waals surface area (Å²) in [5, 5.41) is 0. The summed E-state index contributed by atoms with van der Waals surface area (Å²) in [4.78, 5) is 30.6. The summed E-state index contributed by atoms with van der Waals surface area (Å²) in [6, 6.07) is 2.05. The second-order valence-corrected chi connectivity index (χ2v) is 9.29. The van der Waals surface area contributed by atoms with E-state index in [0.717, 1.165) is 35.2 Å². The lowest BCUT2D eigenvalue weighted by atomic mass is 9.91. The number of fused-ring (bicyclic) bond motifs is 4. The van der Waals surface area contributed by atoms with E-state index in [1.54, 1.807) is 12.2 Å². The fourth-order valence-electron chi connectivity index (χ4n) is 4.63. The fraction of sp³-hybridized carbons (Fsp3) is 0.560. The molecule has 0 saturated carbocycles. The van der Waals surface area contributed by atoms with Crippen LogP contribution in [0.1, 0.15) is 67.6 Å². The zero-order valence-corrected chi connectivity index (χ0v) is 18.9. The zero-order valence-electron chi connectivity index (χ0n) is 18.9. The van der Waals surface area contributed by atoms with Crippen LogP contribution in [0.2, 0.25) is 0 Å². The Morgan fingerprint density at radius 1 is 1.16 bits per heavy atom. The SMILES string of the molecule is Cc1cc2c(c3c1C(=O)O[C@@H](C)[C@H](C)/C=C\C(=O)[C@H]1OC(C)(C)O[C@H]1CCC3)N=CC2. The smallest absolute Gasteiger partial charge is 0.339 e. The van der Waals surface area contributed by atoms with Crippen LogP contribution in [0, 0.1) is 12.8 Å². The number of esters is 1. The van der Waals surface area contributed by atoms with Crippen LogP contribution in [-0.4, -0.2) is 42.1 Å². The van der Waals surface area contributed by atoms with Crippen molar-refractivity contribution in [2.75, 3.05) is 0 Å². The van der Waals surface area contributed by atoms with Gasteiger partial charge in [-0.05, 0) is 69.7 Å². The molecule has 3 heterocycles. The number of hydrogen-bond donors (Lipinski definition) is 0. The Hall–Kier alpha value is -2.31. The number of aliphatic imine (C=N–C) groups is 1. The van der Waals surface area contributed by atoms with Crippen molar-refractivity contribution < 1.29 is 23.8 Å². The van der Waals surface area contributed by atoms with Gasteiger partial charge in [-0.15, -0.1) is 0 Å². The predicted molar refractivity (Wildman–Crippen MR) is 118 cm³/mol. The maximum Gasteiger partial charge on any atom is 0.339 e. The first-order chi connectivity index (χ1) is 14.7. The molecule has 1 fully saturated rings. The van der Waals surface area contributed by atoms with Crippen molar-refractivity contribution >= 4 is 23.7 Å². The molecule has 0 radical (unpaired) electrons. The largest absolute Gasteiger partial charge is 0.458 e. The standard InChI is InChI=1S/C25H31NO5/c1-14-9-10-19(27)23-20(30-25(4,5)31-23)8-6-7-18-21(24(28)29-16(14)3)15(2)13-17-11-12-26-22(17)18/h9-10,12-14,16,20,23H,6-8,11H2,1-5H3/b10-9-/t14-,16+,20+,23-/m1/s1. The molecule has 4 atom stereocenters. The zero-order chi connectivity index (χ0) is 22.3. The number of benzene rings is 1. The lowest BCUT2D eigenvalue weighted by Crippen LogP contribution is -2.31. The maximum atomic E-state index is 13.2. The summed E-state index contributed by atoms with van der Waals surface area (Å²) >= 11 is 0. The fourth-order valence-corrected chi connectivity index (χ4v) is 4.63. The van der Waals surface area contributed by atoms with Gasteiger partial charge in [-0.3, -0.25) is 9.79 Å². The highest BCUT2D eigenvalue weighted by Crippen LogP contribution is 2.37. The van der Waals surface area contributed by atoms with Gasteiger partial charge < -0.3 is 14.2 Å². The number of nitrogens with zero attached hydrogens (tertiary/aromatic N) is 1. The van der Waals surface area contributed by atoms with Crippen molar-refractivity contribution in [1.29, 1.82) is 0 Å². The molecule has 3 aliphatic heterocycles. The van der Waals surface area contributed by atoms with Gasteiger partial charge in [0.15, 0.2) is 11.6 Å². The molecule has 0 unspecified atom stereocenters. The van der Waals surface area contributed by atoms with E-state index in [1.165, 1.54) is 0 Å². The van der Waals surface area contributed by atoms with Crippen molar-refractivity contribution in [2.45, 2.75) is 84.4 Å². The molecule has 0 amide bonds. The maximum absolute atomic E-state index is 13.2. The van der Waals surface area contributed by atoms with Crippen LogP contribution in [0.5, 0.6) is 0 Å². The van der Waals surface area contributed by atoms with E-state index in [2.05, 4.69) is 4.99 Å². The second kappa shape index (κ2) is 8.32. The van der Waals surface area contributed by atoms with E-state index < -0.39 is 11.9 Å². The number of cyclic esters (lactones) is 1. The molecule has 4 rings (SSSR count). The Kier molecular flexibility index (Phi) is 5.88. The average Bonchev–Trinajstić information content (AvgIpc) is 3.28. The molecule has 0 aromatic heterocycles. The van der Waals surface area contributed by atoms with Crippen LogP contribution in [0.15, 0.2) is 23.2 Å². The van der Waals surface area contributed by atoms with Crippen molar-refractivity contribution in [3.8, 4) is 0 Å². The number of carbonyl (C=O) groups is 2. The van der Waals surface area contributed by atoms with E-state index in [1.807, 2.05) is 46.9 Å². The van der Waals surface area contributed by atoms with Gasteiger partial charge in [0.2, 0.25) is 0 Å². The summed E-state index contributed by atoms with van der Waals surface area (Å²) in [7, 11) is 0. The highest BCUT2D eigenvalue weighted by molar-refractivity contribution is 5.96. The molecule has 3 aliphatic rings. The lowest BCUT2D eigenvalue weighted by Gasteiger charge is -2.22. The van der Waals surface area contributed by atoms with Gasteiger partial charge in [0.05, 0.1) is 17.4 Å². The Bertz CT molecular complexity index is 961. The summed E-state index contributed by atoms with van der Waals surface area (Å²) < 4.78 is 17.8. The molecule has 0 bridgehead atoms. The van der Waals surface area contributed by atoms with Gasteiger partial charge in [0, 0.05) is 18.6 Å². The summed E-state index contributed by atoms with van der Waals surface area (Å²) in [5.74, 6) is -1.36. The molecule has 31 heavy (non-hydrogen) atoms. The molecular formula is C25H31NO5. The number of carbonyl (C=O) groups excluding carboxylic acids is 2. The van der Waals surface area contributed by atoms with Gasteiger partial charge >= 0.3 is 5.97 Å². The van der Waals surface area contributed by atoms with Crippen LogP contribution in [0.3, 0.4) is 0 Å². The number of ether oxygens (including phenoxy) is 3. The average molecular weight is 426 g/mol. The molecule has 166 valence electrons. The normalized spacial score (nSPS) is 31.4. The monoisotopic (exact) mass is 425 g/mol. The highest BCUT2D eigenvalue weighted by atomic mass is 16.8. The first-order valence-corrected chi connectivity index (χ1v) is 11.1. The van der Waals surface area contributed by atoms with Crippen LogP contribution in [0.25, 0.3) is 0 Å². The molecular weight excluding hydrogens is 394 g/mol. The van der Waals surface area contributed by atoms with Crippen LogP contribution in [0.4, 0.5) is 5.69 Å². The minimum atomic E-state index is -0.801. The molecule has 1 aromatic rings. The van der Waals surface area contributed by atoms with Crippen LogP contribution >= 0.6 is 0 Å². The van der Waals surface area contributed by atoms with Crippen molar-refractivity contribution in [2.24, 2.45) is 10.9 Å². The summed E-state index contributed by atoms with van der Waals surface area (Å²) in [5.41, 5.74) is 4.50. The molecule has 0 spiro atoms. The van der Waals surface area contributed by atoms with Crippen molar-refractivity contribution in [1.82, 2.24) is 0 Å². The van der Waals surface area contributed by atoms with E-state index >= 15 is 0 Å². The van der Waals surface area contributed by atoms with Crippen LogP contribution in [-0.2, 0) is 31.8 Å². The summed E-state index contributed by atoms with van der Waals surface area (Å²) in [6.45, 7) is 9.42. The van der Waals surface area contributed by atoms with E-state index in [4.69, 9.17) is 14.2 Å². The highest BCUT2D eigenvalue weighted by Gasteiger charge is 2.44. The van der Waals surface area contributed by atoms with E-state index in [-0.39, 0.29) is 29.9 Å². The van der Waals surface area contributed by atoms with Gasteiger partial charge in [-0.25, -0.2) is 4.79 Å². The third kappa shape index (κ3) is 4.37. The number of rotatable bonds is 0. The molecule has 1 saturated heterocycles. The Morgan fingerprint density at radius 3 is 2.71 bits per heavy atom. The molecule has 6 heteroatoms. The minimum absolute atomic E-state index is 0.111. The molecule has 6 nitrogen and oxygen atoms in total. The quantitative estimate of drug-likeness (QED) is 0.576. The number of hydrogen-bond acceptors (Lipinski definition) is 6. The Labute approximate surface area is 183 Å². The molecule has 0 N–H and O–H groups in total. The number of aryl methyl sites for hydroxylation is 1. The van der Waals surface area contributed by atoms with Crippen molar-refractivity contribution in [3.63, 3.8) is 0 Å². The first kappa shape index (κ1) is 21.9. The first-order valence-electron chi connectivity index (χ1n) is 11.1. The third-order valence-electron chi connectivity index (χ3n) is 6.39. The molecule has 1 aromatic carbocycles. The third-order valence-corrected chi connectivity index (χ3v) is 6.39. The van der Waals surface area contributed by atoms with E-state index in [0.29, 0.717) is 18.4 Å². The van der Waals surface area contributed by atoms with Crippen LogP contribution < -0.4 is 0 Å². The summed E-state index contributed by atoms with van der Waals surface area (Å²) in [6.07, 6.45) is 6.74. The van der Waals surface area contributed by atoms with Gasteiger partial charge in [0.25, 0.3) is 0 Å². The minimum Gasteiger partial charge on any atom is -0.458 e. The van der Waals surface area contributed by atoms with Gasteiger partial charge in [0.1, 0.15) is 12.2 Å².